The molecule has 0 atom stereocenters. The van der Waals surface area contributed by atoms with Crippen LogP contribution in [0.4, 0.5) is 5.82 Å². The maximum atomic E-state index is 6.08. The molecule has 0 amide bonds. The van der Waals surface area contributed by atoms with E-state index in [0.717, 1.165) is 48.2 Å². The molecule has 4 aromatic heterocycles. The van der Waals surface area contributed by atoms with Gasteiger partial charge in [-0.25, -0.2) is 15.0 Å². The Kier molecular flexibility index (Phi) is 4.01. The molecule has 9 nitrogen and oxygen atoms in total. The van der Waals surface area contributed by atoms with Gasteiger partial charge >= 0.3 is 0 Å². The van der Waals surface area contributed by atoms with Crippen molar-refractivity contribution in [3.63, 3.8) is 0 Å². The number of pyridine rings is 1. The number of rotatable bonds is 3. The number of H-pyrrole nitrogens is 1. The van der Waals surface area contributed by atoms with Gasteiger partial charge in [0.25, 0.3) is 0 Å². The molecule has 0 saturated carbocycles. The van der Waals surface area contributed by atoms with Crippen LogP contribution in [0.1, 0.15) is 18.9 Å². The Labute approximate surface area is 161 Å². The summed E-state index contributed by atoms with van der Waals surface area (Å²) in [5.41, 5.74) is 9.90. The minimum absolute atomic E-state index is 0.332. The molecular formula is C19H21N9. The molecule has 1 saturated heterocycles. The number of fused-ring (bicyclic) bond motifs is 1. The fourth-order valence-corrected chi connectivity index (χ4v) is 3.61. The van der Waals surface area contributed by atoms with Crippen LogP contribution in [0.15, 0.2) is 37.1 Å². The third-order valence-corrected chi connectivity index (χ3v) is 5.27. The number of aromatic nitrogens is 7. The molecule has 142 valence electrons. The molecule has 1 fully saturated rings. The number of nitrogens with one attached hydrogen (secondary N) is 1. The Hall–Kier alpha value is -3.33. The number of likely N-dealkylation sites (tertiary alicyclic amines) is 1. The molecule has 28 heavy (non-hydrogen) atoms. The number of anilines is 1. The maximum Gasteiger partial charge on any atom is 0.161 e. The van der Waals surface area contributed by atoms with Crippen molar-refractivity contribution >= 4 is 16.9 Å². The number of nitrogens with zero attached hydrogens (tertiary/aromatic N) is 7. The number of nitrogen functional groups attached to an aromatic ring is 1. The molecule has 3 N–H and O–H groups in total. The lowest BCUT2D eigenvalue weighted by molar-refractivity contribution is 0.212. The highest BCUT2D eigenvalue weighted by Crippen LogP contribution is 2.27. The van der Waals surface area contributed by atoms with Crippen molar-refractivity contribution in [2.75, 3.05) is 25.9 Å². The number of piperidine rings is 1. The van der Waals surface area contributed by atoms with Crippen molar-refractivity contribution in [2.45, 2.75) is 18.9 Å². The Morgan fingerprint density at radius 3 is 2.82 bits per heavy atom. The van der Waals surface area contributed by atoms with Crippen LogP contribution in [0.5, 0.6) is 0 Å². The molecular weight excluding hydrogens is 354 g/mol. The highest BCUT2D eigenvalue weighted by Gasteiger charge is 2.20. The van der Waals surface area contributed by atoms with Crippen LogP contribution in [0.2, 0.25) is 0 Å². The maximum absolute atomic E-state index is 6.08. The summed E-state index contributed by atoms with van der Waals surface area (Å²) in [6, 6.07) is 2.27. The van der Waals surface area contributed by atoms with E-state index in [4.69, 9.17) is 10.7 Å². The normalized spacial score (nSPS) is 16.0. The summed E-state index contributed by atoms with van der Waals surface area (Å²) in [6.07, 6.45) is 11.2. The van der Waals surface area contributed by atoms with Crippen molar-refractivity contribution in [1.82, 2.24) is 39.6 Å². The summed E-state index contributed by atoms with van der Waals surface area (Å²) >= 11 is 0. The quantitative estimate of drug-likeness (QED) is 0.564. The van der Waals surface area contributed by atoms with Crippen LogP contribution in [-0.2, 0) is 0 Å². The zero-order chi connectivity index (χ0) is 19.1. The molecule has 0 radical (unpaired) electrons. The van der Waals surface area contributed by atoms with E-state index >= 15 is 0 Å². The topological polar surface area (TPSA) is 114 Å². The van der Waals surface area contributed by atoms with E-state index < -0.39 is 0 Å². The largest absolute Gasteiger partial charge is 0.382 e. The first-order chi connectivity index (χ1) is 13.7. The van der Waals surface area contributed by atoms with Crippen molar-refractivity contribution in [3.8, 4) is 22.8 Å². The minimum Gasteiger partial charge on any atom is -0.382 e. The second kappa shape index (κ2) is 6.68. The SMILES string of the molecule is CN1CCC(n2cc(-c3cnc(N)c(-c4nc5ccncc5[nH]4)n3)cn2)CC1. The van der Waals surface area contributed by atoms with Crippen LogP contribution in [0.3, 0.4) is 0 Å². The van der Waals surface area contributed by atoms with Crippen LogP contribution < -0.4 is 5.73 Å². The van der Waals surface area contributed by atoms with Crippen LogP contribution in [-0.4, -0.2) is 59.7 Å². The van der Waals surface area contributed by atoms with Crippen molar-refractivity contribution < 1.29 is 0 Å². The number of imidazole rings is 1. The number of hydrogen-bond acceptors (Lipinski definition) is 7. The lowest BCUT2D eigenvalue weighted by Gasteiger charge is -2.28. The molecule has 1 aliphatic heterocycles. The van der Waals surface area contributed by atoms with Gasteiger partial charge in [-0.2, -0.15) is 5.10 Å². The number of hydrogen-bond donors (Lipinski definition) is 2. The lowest BCUT2D eigenvalue weighted by Crippen LogP contribution is -2.31. The van der Waals surface area contributed by atoms with Gasteiger partial charge in [-0.05, 0) is 39.0 Å². The third kappa shape index (κ3) is 2.99. The van der Waals surface area contributed by atoms with E-state index in [2.05, 4.69) is 37.0 Å². The predicted octanol–water partition coefficient (Wildman–Crippen LogP) is 2.13. The highest BCUT2D eigenvalue weighted by molar-refractivity contribution is 5.80. The smallest absolute Gasteiger partial charge is 0.161 e. The molecule has 1 aliphatic rings. The van der Waals surface area contributed by atoms with Crippen molar-refractivity contribution in [1.29, 1.82) is 0 Å². The Morgan fingerprint density at radius 1 is 1.14 bits per heavy atom. The van der Waals surface area contributed by atoms with Gasteiger partial charge in [0.05, 0.1) is 41.4 Å². The molecule has 0 bridgehead atoms. The number of aromatic amines is 1. The molecule has 5 heterocycles. The second-order valence-electron chi connectivity index (χ2n) is 7.21. The average molecular weight is 375 g/mol. The first-order valence-corrected chi connectivity index (χ1v) is 9.33. The first kappa shape index (κ1) is 16.8. The van der Waals surface area contributed by atoms with Gasteiger partial charge in [-0.15, -0.1) is 0 Å². The zero-order valence-corrected chi connectivity index (χ0v) is 15.6. The summed E-state index contributed by atoms with van der Waals surface area (Å²) in [6.45, 7) is 2.18. The van der Waals surface area contributed by atoms with Crippen LogP contribution in [0.25, 0.3) is 33.8 Å². The van der Waals surface area contributed by atoms with Crippen LogP contribution in [0, 0.1) is 0 Å². The van der Waals surface area contributed by atoms with Gasteiger partial charge in [-0.3, -0.25) is 9.67 Å². The summed E-state index contributed by atoms with van der Waals surface area (Å²) < 4.78 is 2.05. The Balaban J connectivity index is 1.47. The van der Waals surface area contributed by atoms with Gasteiger partial charge < -0.3 is 15.6 Å². The average Bonchev–Trinajstić information content (AvgIpc) is 3.36. The molecule has 9 heteroatoms. The second-order valence-corrected chi connectivity index (χ2v) is 7.21. The molecule has 0 aliphatic carbocycles. The fourth-order valence-electron chi connectivity index (χ4n) is 3.61. The fraction of sp³-hybridized carbons (Fsp3) is 0.316. The third-order valence-electron chi connectivity index (χ3n) is 5.27. The molecule has 4 aromatic rings. The monoisotopic (exact) mass is 375 g/mol. The molecule has 0 aromatic carbocycles. The first-order valence-electron chi connectivity index (χ1n) is 9.33. The van der Waals surface area contributed by atoms with Gasteiger partial charge in [0, 0.05) is 18.0 Å². The molecule has 0 spiro atoms. The van der Waals surface area contributed by atoms with E-state index in [-0.39, 0.29) is 0 Å². The van der Waals surface area contributed by atoms with Gasteiger partial charge in [0.15, 0.2) is 11.6 Å². The summed E-state index contributed by atoms with van der Waals surface area (Å²) in [5.74, 6) is 0.913. The molecule has 5 rings (SSSR count). The Morgan fingerprint density at radius 2 is 2.00 bits per heavy atom. The van der Waals surface area contributed by atoms with Gasteiger partial charge in [0.1, 0.15) is 5.69 Å². The number of nitrogens with two attached hydrogens (primary N) is 1. The molecule has 0 unspecified atom stereocenters. The van der Waals surface area contributed by atoms with Crippen molar-refractivity contribution in [2.24, 2.45) is 0 Å². The van der Waals surface area contributed by atoms with Gasteiger partial charge in [0.2, 0.25) is 0 Å². The van der Waals surface area contributed by atoms with E-state index in [1.54, 1.807) is 18.6 Å². The van der Waals surface area contributed by atoms with E-state index in [9.17, 15) is 0 Å². The van der Waals surface area contributed by atoms with Crippen LogP contribution >= 0.6 is 0 Å². The highest BCUT2D eigenvalue weighted by atomic mass is 15.3. The van der Waals surface area contributed by atoms with E-state index in [1.165, 1.54) is 0 Å². The van der Waals surface area contributed by atoms with Crippen molar-refractivity contribution in [3.05, 3.63) is 37.1 Å². The summed E-state index contributed by atoms with van der Waals surface area (Å²) in [5, 5.41) is 4.57. The van der Waals surface area contributed by atoms with E-state index in [0.29, 0.717) is 23.4 Å². The van der Waals surface area contributed by atoms with Gasteiger partial charge in [-0.1, -0.05) is 0 Å². The summed E-state index contributed by atoms with van der Waals surface area (Å²) in [7, 11) is 2.16. The van der Waals surface area contributed by atoms with E-state index in [1.807, 2.05) is 23.1 Å². The predicted molar refractivity (Wildman–Crippen MR) is 106 cm³/mol. The lowest BCUT2D eigenvalue weighted by atomic mass is 10.1. The zero-order valence-electron chi connectivity index (χ0n) is 15.6. The minimum atomic E-state index is 0.332. The summed E-state index contributed by atoms with van der Waals surface area (Å²) in [4.78, 5) is 23.3. The Bertz CT molecular complexity index is 1090. The standard InChI is InChI=1S/C19H21N9/c1-27-6-3-13(4-7-27)28-11-12(8-23-28)15-10-22-18(20)17(24-15)19-25-14-2-5-21-9-16(14)26-19/h2,5,8-11,13H,3-4,6-7H2,1H3,(H2,20,22)(H,25,26).